The van der Waals surface area contributed by atoms with Crippen molar-refractivity contribution in [2.24, 2.45) is 4.99 Å². The number of nitrogens with zero attached hydrogens (tertiary/aromatic N) is 2. The van der Waals surface area contributed by atoms with Crippen molar-refractivity contribution in [2.45, 2.75) is 26.5 Å². The molecule has 0 amide bonds. The number of hydrogen-bond acceptors (Lipinski definition) is 8. The molecule has 11 heteroatoms. The summed E-state index contributed by atoms with van der Waals surface area (Å²) >= 11 is 3.38. The van der Waals surface area contributed by atoms with Crippen LogP contribution in [0.1, 0.15) is 46.9 Å². The van der Waals surface area contributed by atoms with Crippen LogP contribution in [0.25, 0.3) is 6.08 Å². The number of methoxy groups -OCH3 is 1. The Morgan fingerprint density at radius 1 is 1.12 bits per heavy atom. The molecule has 0 fully saturated rings. The molecule has 5 rings (SSSR count). The molecule has 4 aromatic rings. The number of carboxylic acids is 1. The quantitative estimate of drug-likeness (QED) is 0.198. The third-order valence-corrected chi connectivity index (χ3v) is 8.52. The van der Waals surface area contributed by atoms with E-state index in [1.54, 1.807) is 48.8 Å². The Kier molecular flexibility index (Phi) is 9.11. The number of carbonyl (C=O) groups is 2. The standard InChI is InChI=1S/C32H27IN2O7S/c1-4-41-31(39)26-18(2)34-32-35(27(26)21-10-6-5-7-11-21)29(36)25(43-32)16-20-14-23(33)28(24(15-20)40-3)42-17-19-9-8-12-22(13-19)30(37)38/h5-16,27H,4,17H2,1-3H3,(H,37,38)/b25-16-/t27-/m0/s1. The van der Waals surface area contributed by atoms with Gasteiger partial charge in [-0.25, -0.2) is 14.6 Å². The van der Waals surface area contributed by atoms with Crippen molar-refractivity contribution in [1.29, 1.82) is 0 Å². The van der Waals surface area contributed by atoms with E-state index in [9.17, 15) is 19.5 Å². The van der Waals surface area contributed by atoms with Crippen molar-refractivity contribution in [3.8, 4) is 11.5 Å². The molecular formula is C32H27IN2O7S. The monoisotopic (exact) mass is 710 g/mol. The Balaban J connectivity index is 1.54. The van der Waals surface area contributed by atoms with Crippen LogP contribution >= 0.6 is 33.9 Å². The van der Waals surface area contributed by atoms with E-state index in [1.807, 2.05) is 36.4 Å². The second-order valence-corrected chi connectivity index (χ2v) is 11.7. The maximum absolute atomic E-state index is 13.9. The number of ether oxygens (including phenoxy) is 3. The average Bonchev–Trinajstić information content (AvgIpc) is 3.29. The Hall–Kier alpha value is -4.23. The average molecular weight is 711 g/mol. The van der Waals surface area contributed by atoms with E-state index in [4.69, 9.17) is 14.2 Å². The molecule has 2 heterocycles. The smallest absolute Gasteiger partial charge is 0.338 e. The van der Waals surface area contributed by atoms with Crippen molar-refractivity contribution in [3.05, 3.63) is 124 Å². The van der Waals surface area contributed by atoms with Gasteiger partial charge in [0, 0.05) is 0 Å². The lowest BCUT2D eigenvalue weighted by Gasteiger charge is -2.24. The van der Waals surface area contributed by atoms with Gasteiger partial charge in [-0.2, -0.15) is 0 Å². The highest BCUT2D eigenvalue weighted by Crippen LogP contribution is 2.35. The number of esters is 1. The summed E-state index contributed by atoms with van der Waals surface area (Å²) in [5, 5.41) is 9.27. The molecule has 0 saturated heterocycles. The van der Waals surface area contributed by atoms with Gasteiger partial charge in [0.1, 0.15) is 6.61 Å². The first-order chi connectivity index (χ1) is 20.7. The Morgan fingerprint density at radius 3 is 2.58 bits per heavy atom. The van der Waals surface area contributed by atoms with Gasteiger partial charge < -0.3 is 19.3 Å². The molecular weight excluding hydrogens is 683 g/mol. The Morgan fingerprint density at radius 2 is 1.88 bits per heavy atom. The molecule has 1 aliphatic rings. The zero-order valence-corrected chi connectivity index (χ0v) is 26.5. The van der Waals surface area contributed by atoms with Gasteiger partial charge in [0.05, 0.1) is 44.7 Å². The SMILES string of the molecule is CCOC(=O)C1=C(C)N=c2s/c(=C\c3cc(I)c(OCc4cccc(C(=O)O)c4)c(OC)c3)c(=O)n2[C@H]1c1ccccc1. The topological polar surface area (TPSA) is 116 Å². The molecule has 0 saturated carbocycles. The van der Waals surface area contributed by atoms with Crippen LogP contribution in [-0.2, 0) is 16.1 Å². The number of halogens is 1. The second-order valence-electron chi connectivity index (χ2n) is 9.54. The molecule has 0 bridgehead atoms. The van der Waals surface area contributed by atoms with Crippen molar-refractivity contribution < 1.29 is 28.9 Å². The van der Waals surface area contributed by atoms with Crippen molar-refractivity contribution >= 4 is 51.9 Å². The summed E-state index contributed by atoms with van der Waals surface area (Å²) in [7, 11) is 1.53. The molecule has 0 radical (unpaired) electrons. The number of thiazole rings is 1. The van der Waals surface area contributed by atoms with Crippen molar-refractivity contribution in [2.75, 3.05) is 13.7 Å². The summed E-state index contributed by atoms with van der Waals surface area (Å²) in [6.45, 7) is 3.84. The van der Waals surface area contributed by atoms with Crippen LogP contribution in [0.3, 0.4) is 0 Å². The predicted molar refractivity (Wildman–Crippen MR) is 170 cm³/mol. The number of allylic oxidation sites excluding steroid dienone is 1. The minimum Gasteiger partial charge on any atom is -0.493 e. The van der Waals surface area contributed by atoms with E-state index < -0.39 is 18.0 Å². The fourth-order valence-corrected chi connectivity index (χ4v) is 6.63. The molecule has 1 aromatic heterocycles. The van der Waals surface area contributed by atoms with Gasteiger partial charge in [0.25, 0.3) is 5.56 Å². The number of rotatable bonds is 9. The Labute approximate surface area is 264 Å². The number of hydrogen-bond donors (Lipinski definition) is 1. The molecule has 3 aromatic carbocycles. The lowest BCUT2D eigenvalue weighted by molar-refractivity contribution is -0.139. The van der Waals surface area contributed by atoms with E-state index in [0.717, 1.165) is 9.13 Å². The van der Waals surface area contributed by atoms with Gasteiger partial charge in [0.15, 0.2) is 16.3 Å². The van der Waals surface area contributed by atoms with Gasteiger partial charge in [-0.3, -0.25) is 9.36 Å². The summed E-state index contributed by atoms with van der Waals surface area (Å²) in [6, 6.07) is 18.9. The molecule has 1 aliphatic heterocycles. The van der Waals surface area contributed by atoms with Gasteiger partial charge in [-0.1, -0.05) is 53.8 Å². The minimum atomic E-state index is -1.01. The summed E-state index contributed by atoms with van der Waals surface area (Å²) < 4.78 is 19.7. The zero-order chi connectivity index (χ0) is 30.7. The number of fused-ring (bicyclic) bond motifs is 1. The van der Waals surface area contributed by atoms with E-state index in [2.05, 4.69) is 27.6 Å². The maximum atomic E-state index is 13.9. The van der Waals surface area contributed by atoms with Crippen LogP contribution in [0.4, 0.5) is 0 Å². The second kappa shape index (κ2) is 13.0. The van der Waals surface area contributed by atoms with Crippen LogP contribution in [0.5, 0.6) is 11.5 Å². The number of benzene rings is 3. The highest BCUT2D eigenvalue weighted by Gasteiger charge is 2.33. The first-order valence-electron chi connectivity index (χ1n) is 13.3. The van der Waals surface area contributed by atoms with E-state index in [1.165, 1.54) is 24.5 Å². The summed E-state index contributed by atoms with van der Waals surface area (Å²) in [4.78, 5) is 43.3. The summed E-state index contributed by atoms with van der Waals surface area (Å²) in [5.41, 5.74) is 2.93. The first-order valence-corrected chi connectivity index (χ1v) is 15.2. The van der Waals surface area contributed by atoms with Gasteiger partial charge in [-0.15, -0.1) is 0 Å². The molecule has 43 heavy (non-hydrogen) atoms. The van der Waals surface area contributed by atoms with Gasteiger partial charge in [0.2, 0.25) is 0 Å². The highest BCUT2D eigenvalue weighted by atomic mass is 127. The molecule has 1 atom stereocenters. The number of aromatic carboxylic acids is 1. The minimum absolute atomic E-state index is 0.146. The van der Waals surface area contributed by atoms with Crippen LogP contribution in [0.15, 0.2) is 87.8 Å². The van der Waals surface area contributed by atoms with Crippen LogP contribution < -0.4 is 24.4 Å². The first kappa shape index (κ1) is 30.2. The highest BCUT2D eigenvalue weighted by molar-refractivity contribution is 14.1. The molecule has 0 aliphatic carbocycles. The molecule has 0 unspecified atom stereocenters. The Bertz CT molecular complexity index is 1930. The normalized spacial score (nSPS) is 14.6. The third-order valence-electron chi connectivity index (χ3n) is 6.74. The fourth-order valence-electron chi connectivity index (χ4n) is 4.81. The predicted octanol–water partition coefficient (Wildman–Crippen LogP) is 4.69. The lowest BCUT2D eigenvalue weighted by atomic mass is 9.96. The fraction of sp³-hybridized carbons (Fsp3) is 0.188. The lowest BCUT2D eigenvalue weighted by Crippen LogP contribution is -2.39. The maximum Gasteiger partial charge on any atom is 0.338 e. The summed E-state index contributed by atoms with van der Waals surface area (Å²) in [5.74, 6) is -0.549. The number of aromatic nitrogens is 1. The van der Waals surface area contributed by atoms with E-state index in [0.29, 0.717) is 43.2 Å². The van der Waals surface area contributed by atoms with Crippen molar-refractivity contribution in [3.63, 3.8) is 0 Å². The number of carbonyl (C=O) groups excluding carboxylic acids is 1. The molecule has 220 valence electrons. The third kappa shape index (κ3) is 6.27. The molecule has 0 spiro atoms. The van der Waals surface area contributed by atoms with Crippen LogP contribution in [-0.4, -0.2) is 35.3 Å². The van der Waals surface area contributed by atoms with Crippen molar-refractivity contribution in [1.82, 2.24) is 4.57 Å². The van der Waals surface area contributed by atoms with E-state index >= 15 is 0 Å². The van der Waals surface area contributed by atoms with Gasteiger partial charge in [-0.05, 0) is 83.5 Å². The van der Waals surface area contributed by atoms with E-state index in [-0.39, 0.29) is 24.3 Å². The zero-order valence-electron chi connectivity index (χ0n) is 23.5. The molecule has 1 N–H and O–H groups in total. The molecule has 9 nitrogen and oxygen atoms in total. The number of carboxylic acid groups (broad SMARTS) is 1. The van der Waals surface area contributed by atoms with Crippen LogP contribution in [0, 0.1) is 3.57 Å². The largest absolute Gasteiger partial charge is 0.493 e. The van der Waals surface area contributed by atoms with Gasteiger partial charge >= 0.3 is 11.9 Å². The van der Waals surface area contributed by atoms with Crippen LogP contribution in [0.2, 0.25) is 0 Å². The summed E-state index contributed by atoms with van der Waals surface area (Å²) in [6.07, 6.45) is 1.76.